The monoisotopic (exact) mass is 358 g/mol. The van der Waals surface area contributed by atoms with E-state index in [4.69, 9.17) is 25.5 Å². The molecule has 3 aromatic rings. The standard InChI is InChI=1S/C19H15ClO5/c1-2-23-18(21)15-9-12-7-8-14(10-17(12)25-19(15)22)24-11-13-5-3-4-6-16(13)20/h3-10H,2,11H2,1H3. The smallest absolute Gasteiger partial charge is 0.351 e. The number of benzene rings is 2. The molecule has 0 amide bonds. The minimum absolute atomic E-state index is 0.126. The highest BCUT2D eigenvalue weighted by atomic mass is 35.5. The predicted octanol–water partition coefficient (Wildman–Crippen LogP) is 4.20. The second-order valence-electron chi connectivity index (χ2n) is 5.25. The lowest BCUT2D eigenvalue weighted by atomic mass is 10.2. The van der Waals surface area contributed by atoms with Crippen LogP contribution in [0.15, 0.2) is 57.7 Å². The average Bonchev–Trinajstić information content (AvgIpc) is 2.60. The molecule has 0 fully saturated rings. The van der Waals surface area contributed by atoms with E-state index < -0.39 is 11.6 Å². The maximum absolute atomic E-state index is 12.0. The van der Waals surface area contributed by atoms with Gasteiger partial charge >= 0.3 is 11.6 Å². The summed E-state index contributed by atoms with van der Waals surface area (Å²) in [5, 5.41) is 1.22. The van der Waals surface area contributed by atoms with Crippen LogP contribution in [0.25, 0.3) is 11.0 Å². The van der Waals surface area contributed by atoms with Crippen molar-refractivity contribution in [1.29, 1.82) is 0 Å². The van der Waals surface area contributed by atoms with Crippen molar-refractivity contribution < 1.29 is 18.7 Å². The van der Waals surface area contributed by atoms with Crippen molar-refractivity contribution >= 4 is 28.5 Å². The van der Waals surface area contributed by atoms with Crippen LogP contribution in [0.4, 0.5) is 0 Å². The van der Waals surface area contributed by atoms with Gasteiger partial charge < -0.3 is 13.9 Å². The van der Waals surface area contributed by atoms with Crippen LogP contribution < -0.4 is 10.4 Å². The molecule has 1 heterocycles. The molecule has 2 aromatic carbocycles. The van der Waals surface area contributed by atoms with Crippen molar-refractivity contribution in [2.45, 2.75) is 13.5 Å². The lowest BCUT2D eigenvalue weighted by Gasteiger charge is -2.08. The van der Waals surface area contributed by atoms with Crippen LogP contribution in [0.2, 0.25) is 5.02 Å². The summed E-state index contributed by atoms with van der Waals surface area (Å²) < 4.78 is 15.8. The Morgan fingerprint density at radius 1 is 1.16 bits per heavy atom. The summed E-state index contributed by atoms with van der Waals surface area (Å²) in [6, 6.07) is 13.9. The first-order valence-corrected chi connectivity index (χ1v) is 8.07. The van der Waals surface area contributed by atoms with Crippen molar-refractivity contribution in [2.24, 2.45) is 0 Å². The number of esters is 1. The average molecular weight is 359 g/mol. The number of hydrogen-bond acceptors (Lipinski definition) is 5. The Kier molecular flexibility index (Phi) is 5.05. The highest BCUT2D eigenvalue weighted by Gasteiger charge is 2.15. The number of rotatable bonds is 5. The van der Waals surface area contributed by atoms with E-state index in [9.17, 15) is 9.59 Å². The first-order valence-electron chi connectivity index (χ1n) is 7.69. The van der Waals surface area contributed by atoms with E-state index in [0.717, 1.165) is 5.56 Å². The van der Waals surface area contributed by atoms with Crippen molar-refractivity contribution in [3.8, 4) is 5.75 Å². The summed E-state index contributed by atoms with van der Waals surface area (Å²) in [6.07, 6.45) is 0. The van der Waals surface area contributed by atoms with Gasteiger partial charge in [-0.15, -0.1) is 0 Å². The lowest BCUT2D eigenvalue weighted by Crippen LogP contribution is -2.16. The van der Waals surface area contributed by atoms with Gasteiger partial charge in [0.1, 0.15) is 23.5 Å². The molecular weight excluding hydrogens is 344 g/mol. The van der Waals surface area contributed by atoms with E-state index in [1.807, 2.05) is 18.2 Å². The molecule has 0 radical (unpaired) electrons. The summed E-state index contributed by atoms with van der Waals surface area (Å²) >= 11 is 6.10. The highest BCUT2D eigenvalue weighted by molar-refractivity contribution is 6.31. The van der Waals surface area contributed by atoms with E-state index >= 15 is 0 Å². The van der Waals surface area contributed by atoms with Crippen LogP contribution in [0.5, 0.6) is 5.75 Å². The van der Waals surface area contributed by atoms with E-state index in [1.165, 1.54) is 6.07 Å². The molecule has 0 aliphatic heterocycles. The molecule has 1 aromatic heterocycles. The SMILES string of the molecule is CCOC(=O)c1cc2ccc(OCc3ccccc3Cl)cc2oc1=O. The summed E-state index contributed by atoms with van der Waals surface area (Å²) in [7, 11) is 0. The van der Waals surface area contributed by atoms with E-state index in [1.54, 1.807) is 31.2 Å². The maximum Gasteiger partial charge on any atom is 0.351 e. The molecule has 0 spiro atoms. The molecule has 0 bridgehead atoms. The Bertz CT molecular complexity index is 977. The van der Waals surface area contributed by atoms with Gasteiger partial charge in [0.15, 0.2) is 0 Å². The van der Waals surface area contributed by atoms with Gasteiger partial charge in [0.2, 0.25) is 0 Å². The molecule has 0 unspecified atom stereocenters. The van der Waals surface area contributed by atoms with Crippen LogP contribution in [0.1, 0.15) is 22.8 Å². The normalized spacial score (nSPS) is 10.6. The molecule has 3 rings (SSSR count). The molecule has 0 N–H and O–H groups in total. The summed E-state index contributed by atoms with van der Waals surface area (Å²) in [5.74, 6) is -0.170. The van der Waals surface area contributed by atoms with Gasteiger partial charge in [0.05, 0.1) is 6.61 Å². The Morgan fingerprint density at radius 3 is 2.72 bits per heavy atom. The van der Waals surface area contributed by atoms with Gasteiger partial charge in [-0.3, -0.25) is 0 Å². The topological polar surface area (TPSA) is 65.7 Å². The van der Waals surface area contributed by atoms with Crippen LogP contribution in [0, 0.1) is 0 Å². The summed E-state index contributed by atoms with van der Waals surface area (Å²) in [6.45, 7) is 2.14. The molecule has 25 heavy (non-hydrogen) atoms. The number of halogens is 1. The zero-order valence-electron chi connectivity index (χ0n) is 13.5. The molecule has 0 atom stereocenters. The van der Waals surface area contributed by atoms with Crippen molar-refractivity contribution in [2.75, 3.05) is 6.61 Å². The Balaban J connectivity index is 1.85. The molecule has 128 valence electrons. The summed E-state index contributed by atoms with van der Waals surface area (Å²) in [4.78, 5) is 23.7. The fraction of sp³-hybridized carbons (Fsp3) is 0.158. The van der Waals surface area contributed by atoms with Crippen LogP contribution in [-0.4, -0.2) is 12.6 Å². The van der Waals surface area contributed by atoms with Gasteiger partial charge in [-0.2, -0.15) is 0 Å². The molecule has 0 saturated carbocycles. The second-order valence-corrected chi connectivity index (χ2v) is 5.65. The first-order chi connectivity index (χ1) is 12.1. The predicted molar refractivity (Wildman–Crippen MR) is 94.2 cm³/mol. The fourth-order valence-corrected chi connectivity index (χ4v) is 2.50. The van der Waals surface area contributed by atoms with Crippen molar-refractivity contribution in [1.82, 2.24) is 0 Å². The Morgan fingerprint density at radius 2 is 1.96 bits per heavy atom. The molecule has 0 aliphatic carbocycles. The largest absolute Gasteiger partial charge is 0.489 e. The number of carbonyl (C=O) groups is 1. The van der Waals surface area contributed by atoms with Gasteiger partial charge in [-0.1, -0.05) is 29.8 Å². The third-order valence-electron chi connectivity index (χ3n) is 3.55. The fourth-order valence-electron chi connectivity index (χ4n) is 2.31. The Hall–Kier alpha value is -2.79. The van der Waals surface area contributed by atoms with Gasteiger partial charge in [-0.25, -0.2) is 9.59 Å². The Labute approximate surface area is 148 Å². The molecule has 6 heteroatoms. The third-order valence-corrected chi connectivity index (χ3v) is 3.92. The minimum atomic E-state index is -0.741. The van der Waals surface area contributed by atoms with E-state index in [0.29, 0.717) is 21.7 Å². The van der Waals surface area contributed by atoms with Gasteiger partial charge in [0.25, 0.3) is 0 Å². The second kappa shape index (κ2) is 7.40. The van der Waals surface area contributed by atoms with Gasteiger partial charge in [0, 0.05) is 22.0 Å². The minimum Gasteiger partial charge on any atom is -0.489 e. The van der Waals surface area contributed by atoms with Crippen LogP contribution in [0.3, 0.4) is 0 Å². The molecule has 5 nitrogen and oxygen atoms in total. The number of hydrogen-bond donors (Lipinski definition) is 0. The molecular formula is C19H15ClO5. The van der Waals surface area contributed by atoms with E-state index in [-0.39, 0.29) is 18.8 Å². The molecule has 0 aliphatic rings. The van der Waals surface area contributed by atoms with Crippen molar-refractivity contribution in [3.63, 3.8) is 0 Å². The van der Waals surface area contributed by atoms with Crippen LogP contribution >= 0.6 is 11.6 Å². The summed E-state index contributed by atoms with van der Waals surface area (Å²) in [5.41, 5.74) is 0.311. The zero-order valence-corrected chi connectivity index (χ0v) is 14.2. The first kappa shape index (κ1) is 17.0. The maximum atomic E-state index is 12.0. The van der Waals surface area contributed by atoms with E-state index in [2.05, 4.69) is 0 Å². The quantitative estimate of drug-likeness (QED) is 0.505. The van der Waals surface area contributed by atoms with Crippen molar-refractivity contribution in [3.05, 3.63) is 75.1 Å². The number of fused-ring (bicyclic) bond motifs is 1. The number of carbonyl (C=O) groups excluding carboxylic acids is 1. The third kappa shape index (κ3) is 3.83. The zero-order chi connectivity index (χ0) is 17.8. The number of ether oxygens (including phenoxy) is 2. The highest BCUT2D eigenvalue weighted by Crippen LogP contribution is 2.23. The van der Waals surface area contributed by atoms with Crippen LogP contribution in [-0.2, 0) is 11.3 Å². The molecule has 0 saturated heterocycles. The lowest BCUT2D eigenvalue weighted by molar-refractivity contribution is 0.0522. The van der Waals surface area contributed by atoms with Gasteiger partial charge in [-0.05, 0) is 31.2 Å².